The zero-order chi connectivity index (χ0) is 21.2. The first kappa shape index (κ1) is 22.7. The van der Waals surface area contributed by atoms with Gasteiger partial charge in [0.15, 0.2) is 6.10 Å². The lowest BCUT2D eigenvalue weighted by Gasteiger charge is -2.19. The smallest absolute Gasteiger partial charge is 0.265 e. The summed E-state index contributed by atoms with van der Waals surface area (Å²) in [5, 5.41) is 3.31. The fourth-order valence-corrected chi connectivity index (χ4v) is 4.16. The summed E-state index contributed by atoms with van der Waals surface area (Å²) in [4.78, 5) is 12.7. The highest BCUT2D eigenvalue weighted by Crippen LogP contribution is 2.29. The molecule has 0 saturated heterocycles. The zero-order valence-corrected chi connectivity index (χ0v) is 19.4. The third-order valence-corrected chi connectivity index (χ3v) is 6.89. The largest absolute Gasteiger partial charge is 0.480 e. The van der Waals surface area contributed by atoms with E-state index >= 15 is 0 Å². The molecule has 1 unspecified atom stereocenters. The van der Waals surface area contributed by atoms with Crippen LogP contribution >= 0.6 is 27.5 Å². The van der Waals surface area contributed by atoms with Crippen LogP contribution in [0.3, 0.4) is 0 Å². The van der Waals surface area contributed by atoms with Crippen molar-refractivity contribution in [3.05, 3.63) is 51.0 Å². The van der Waals surface area contributed by atoms with Crippen molar-refractivity contribution >= 4 is 49.1 Å². The number of aryl methyl sites for hydroxylation is 1. The number of nitrogens with zero attached hydrogens (tertiary/aromatic N) is 1. The van der Waals surface area contributed by atoms with E-state index < -0.39 is 22.0 Å². The molecular weight excluding hydrogens is 468 g/mol. The van der Waals surface area contributed by atoms with Gasteiger partial charge in [-0.1, -0.05) is 11.6 Å². The predicted molar refractivity (Wildman–Crippen MR) is 115 cm³/mol. The maximum Gasteiger partial charge on any atom is 0.265 e. The Kier molecular flexibility index (Phi) is 7.14. The second kappa shape index (κ2) is 8.82. The van der Waals surface area contributed by atoms with Crippen LogP contribution in [0.1, 0.15) is 18.1 Å². The summed E-state index contributed by atoms with van der Waals surface area (Å²) in [5.41, 5.74) is 1.97. The Hall–Kier alpha value is -1.61. The Balaban J connectivity index is 2.26. The number of hydrogen-bond donors (Lipinski definition) is 1. The highest BCUT2D eigenvalue weighted by molar-refractivity contribution is 9.10. The molecule has 0 fully saturated rings. The third-order valence-electron chi connectivity index (χ3n) is 4.24. The van der Waals surface area contributed by atoms with Crippen LogP contribution < -0.4 is 10.1 Å². The number of anilines is 1. The summed E-state index contributed by atoms with van der Waals surface area (Å²) in [6.07, 6.45) is -0.814. The van der Waals surface area contributed by atoms with E-state index in [9.17, 15) is 13.2 Å². The maximum atomic E-state index is 12.6. The van der Waals surface area contributed by atoms with Crippen LogP contribution in [0.4, 0.5) is 5.69 Å². The first-order valence-electron chi connectivity index (χ1n) is 8.40. The van der Waals surface area contributed by atoms with E-state index in [0.717, 1.165) is 15.4 Å². The van der Waals surface area contributed by atoms with E-state index in [4.69, 9.17) is 16.3 Å². The number of carbonyl (C=O) groups is 1. The van der Waals surface area contributed by atoms with Gasteiger partial charge >= 0.3 is 0 Å². The molecule has 0 aliphatic heterocycles. The minimum atomic E-state index is -3.62. The van der Waals surface area contributed by atoms with Crippen molar-refractivity contribution < 1.29 is 17.9 Å². The summed E-state index contributed by atoms with van der Waals surface area (Å²) in [5.74, 6) is 0.0765. The van der Waals surface area contributed by atoms with Gasteiger partial charge in [-0.3, -0.25) is 4.79 Å². The quantitative estimate of drug-likeness (QED) is 0.653. The topological polar surface area (TPSA) is 75.7 Å². The van der Waals surface area contributed by atoms with Gasteiger partial charge < -0.3 is 10.1 Å². The number of benzene rings is 2. The van der Waals surface area contributed by atoms with E-state index in [2.05, 4.69) is 21.2 Å². The highest BCUT2D eigenvalue weighted by atomic mass is 79.9. The van der Waals surface area contributed by atoms with E-state index in [-0.39, 0.29) is 4.90 Å². The summed E-state index contributed by atoms with van der Waals surface area (Å²) < 4.78 is 32.3. The molecule has 0 radical (unpaired) electrons. The lowest BCUT2D eigenvalue weighted by Crippen LogP contribution is -2.31. The Morgan fingerprint density at radius 1 is 1.21 bits per heavy atom. The number of sulfonamides is 1. The Morgan fingerprint density at radius 3 is 2.43 bits per heavy atom. The standard InChI is InChI=1S/C19H22BrClN2O4S/c1-11-8-15(28(25,26)23(4)5)10-17(12(11)2)22-19(24)13(3)27-18-7-6-14(21)9-16(18)20/h6-10,13H,1-5H3,(H,22,24). The molecule has 0 aliphatic carbocycles. The number of carbonyl (C=O) groups excluding carboxylic acids is 1. The summed E-state index contributed by atoms with van der Waals surface area (Å²) in [6, 6.07) is 8.04. The fourth-order valence-electron chi connectivity index (χ4n) is 2.36. The number of ether oxygens (including phenoxy) is 1. The number of hydrogen-bond acceptors (Lipinski definition) is 4. The normalized spacial score (nSPS) is 12.7. The third kappa shape index (κ3) is 5.05. The van der Waals surface area contributed by atoms with Crippen molar-refractivity contribution in [3.63, 3.8) is 0 Å². The fraction of sp³-hybridized carbons (Fsp3) is 0.316. The van der Waals surface area contributed by atoms with E-state index in [1.807, 2.05) is 6.92 Å². The molecule has 0 spiro atoms. The van der Waals surface area contributed by atoms with Crippen molar-refractivity contribution in [1.82, 2.24) is 4.31 Å². The molecule has 28 heavy (non-hydrogen) atoms. The van der Waals surface area contributed by atoms with Crippen molar-refractivity contribution in [2.24, 2.45) is 0 Å². The Morgan fingerprint density at radius 2 is 1.86 bits per heavy atom. The van der Waals surface area contributed by atoms with Gasteiger partial charge in [-0.2, -0.15) is 0 Å². The van der Waals surface area contributed by atoms with Crippen molar-refractivity contribution in [2.75, 3.05) is 19.4 Å². The van der Waals surface area contributed by atoms with Crippen LogP contribution in [0.15, 0.2) is 39.7 Å². The van der Waals surface area contributed by atoms with Crippen LogP contribution in [0.5, 0.6) is 5.75 Å². The Bertz CT molecular complexity index is 1010. The molecule has 6 nitrogen and oxygen atoms in total. The average molecular weight is 490 g/mol. The van der Waals surface area contributed by atoms with Crippen LogP contribution in [-0.4, -0.2) is 38.8 Å². The monoisotopic (exact) mass is 488 g/mol. The average Bonchev–Trinajstić information content (AvgIpc) is 2.60. The van der Waals surface area contributed by atoms with E-state index in [1.54, 1.807) is 38.1 Å². The first-order chi connectivity index (χ1) is 12.9. The van der Waals surface area contributed by atoms with Gasteiger partial charge in [0.25, 0.3) is 5.91 Å². The number of rotatable bonds is 6. The minimum absolute atomic E-state index is 0.116. The second-order valence-electron chi connectivity index (χ2n) is 6.52. The van der Waals surface area contributed by atoms with Crippen LogP contribution in [0, 0.1) is 13.8 Å². The molecule has 0 bridgehead atoms. The highest BCUT2D eigenvalue weighted by Gasteiger charge is 2.22. The lowest BCUT2D eigenvalue weighted by atomic mass is 10.1. The number of nitrogens with one attached hydrogen (secondary N) is 1. The summed E-state index contributed by atoms with van der Waals surface area (Å²) in [6.45, 7) is 5.22. The molecule has 2 aromatic rings. The van der Waals surface area contributed by atoms with E-state index in [1.165, 1.54) is 20.2 Å². The van der Waals surface area contributed by atoms with Crippen LogP contribution in [0.2, 0.25) is 5.02 Å². The van der Waals surface area contributed by atoms with Gasteiger partial charge in [0, 0.05) is 24.8 Å². The number of amides is 1. The lowest BCUT2D eigenvalue weighted by molar-refractivity contribution is -0.122. The zero-order valence-electron chi connectivity index (χ0n) is 16.2. The molecule has 0 aliphatic rings. The summed E-state index contributed by atoms with van der Waals surface area (Å²) in [7, 11) is -0.699. The second-order valence-corrected chi connectivity index (χ2v) is 9.97. The first-order valence-corrected chi connectivity index (χ1v) is 11.0. The molecule has 0 aromatic heterocycles. The van der Waals surface area contributed by atoms with Gasteiger partial charge in [-0.15, -0.1) is 0 Å². The van der Waals surface area contributed by atoms with Crippen LogP contribution in [-0.2, 0) is 14.8 Å². The number of halogens is 2. The van der Waals surface area contributed by atoms with Gasteiger partial charge in [0.05, 0.1) is 9.37 Å². The molecular formula is C19H22BrClN2O4S. The van der Waals surface area contributed by atoms with Gasteiger partial charge in [0.1, 0.15) is 5.75 Å². The predicted octanol–water partition coefficient (Wildman–Crippen LogP) is 4.38. The van der Waals surface area contributed by atoms with Gasteiger partial charge in [0.2, 0.25) is 10.0 Å². The Labute approximate surface area is 179 Å². The van der Waals surface area contributed by atoms with Crippen molar-refractivity contribution in [3.8, 4) is 5.75 Å². The molecule has 1 N–H and O–H groups in total. The SMILES string of the molecule is Cc1cc(S(=O)(=O)N(C)C)cc(NC(=O)C(C)Oc2ccc(Cl)cc2Br)c1C. The minimum Gasteiger partial charge on any atom is -0.480 e. The molecule has 0 heterocycles. The molecule has 2 aromatic carbocycles. The van der Waals surface area contributed by atoms with E-state index in [0.29, 0.717) is 20.9 Å². The maximum absolute atomic E-state index is 12.6. The molecule has 1 atom stereocenters. The van der Waals surface area contributed by atoms with Crippen molar-refractivity contribution in [2.45, 2.75) is 31.8 Å². The van der Waals surface area contributed by atoms with Gasteiger partial charge in [-0.05, 0) is 78.2 Å². The van der Waals surface area contributed by atoms with Crippen LogP contribution in [0.25, 0.3) is 0 Å². The van der Waals surface area contributed by atoms with Gasteiger partial charge in [-0.25, -0.2) is 12.7 Å². The molecule has 1 amide bonds. The molecule has 2 rings (SSSR count). The molecule has 152 valence electrons. The molecule has 0 saturated carbocycles. The molecule has 9 heteroatoms. The summed E-state index contributed by atoms with van der Waals surface area (Å²) >= 11 is 9.26. The van der Waals surface area contributed by atoms with Crippen molar-refractivity contribution in [1.29, 1.82) is 0 Å².